The summed E-state index contributed by atoms with van der Waals surface area (Å²) in [5.74, 6) is -1.55. The van der Waals surface area contributed by atoms with Crippen LogP contribution >= 0.6 is 0 Å². The number of Topliss-reactive ketones (excluding diaryl/α,β-unsaturated/α-hetero) is 1. The smallest absolute Gasteiger partial charge is 0.292 e. The molecule has 1 aromatic carbocycles. The van der Waals surface area contributed by atoms with Crippen LogP contribution in [-0.2, 0) is 9.59 Å². The van der Waals surface area contributed by atoms with E-state index in [-0.39, 0.29) is 18.7 Å². The molecule has 0 N–H and O–H groups in total. The zero-order valence-corrected chi connectivity index (χ0v) is 14.0. The molecule has 0 aliphatic carbocycles. The molecule has 0 saturated carbocycles. The fraction of sp³-hybridized carbons (Fsp3) is 0.333. The summed E-state index contributed by atoms with van der Waals surface area (Å²) in [5, 5.41) is 0. The number of imide groups is 2. The number of ketones is 1. The maximum atomic E-state index is 12.8. The van der Waals surface area contributed by atoms with E-state index in [1.54, 1.807) is 49.4 Å². The fourth-order valence-corrected chi connectivity index (χ4v) is 2.64. The number of hydrogen-bond acceptors (Lipinski definition) is 4. The van der Waals surface area contributed by atoms with Crippen LogP contribution in [0.5, 0.6) is 0 Å². The molecule has 1 aromatic rings. The standard InChI is InChI=1S/C18H20N2O4/c1-4-5-11-18(2)15(22)19(3)17(24)20(16(18)23)12-14(21)13-9-7-6-8-10-13/h4-10H,11-12H2,1-3H3. The first-order chi connectivity index (χ1) is 11.3. The van der Waals surface area contributed by atoms with Crippen molar-refractivity contribution >= 4 is 23.6 Å². The molecule has 0 bridgehead atoms. The van der Waals surface area contributed by atoms with Gasteiger partial charge < -0.3 is 0 Å². The zero-order chi connectivity index (χ0) is 17.9. The Bertz CT molecular complexity index is 711. The SMILES string of the molecule is CC=CCC1(C)C(=O)N(C)C(=O)N(CC(=O)c2ccccc2)C1=O. The lowest BCUT2D eigenvalue weighted by molar-refractivity contribution is -0.156. The summed E-state index contributed by atoms with van der Waals surface area (Å²) in [4.78, 5) is 51.6. The molecule has 0 aromatic heterocycles. The molecule has 1 atom stereocenters. The number of barbiturate groups is 1. The van der Waals surface area contributed by atoms with Crippen LogP contribution in [0.1, 0.15) is 30.6 Å². The third kappa shape index (κ3) is 2.99. The molecule has 2 rings (SSSR count). The Morgan fingerprint density at radius 2 is 1.75 bits per heavy atom. The predicted octanol–water partition coefficient (Wildman–Crippen LogP) is 2.26. The molecule has 1 heterocycles. The Labute approximate surface area is 140 Å². The van der Waals surface area contributed by atoms with Gasteiger partial charge in [-0.1, -0.05) is 42.5 Å². The van der Waals surface area contributed by atoms with Crippen molar-refractivity contribution in [3.05, 3.63) is 48.0 Å². The van der Waals surface area contributed by atoms with E-state index in [0.29, 0.717) is 5.56 Å². The molecule has 0 radical (unpaired) electrons. The summed E-state index contributed by atoms with van der Waals surface area (Å²) in [5.41, 5.74) is -0.973. The molecule has 6 nitrogen and oxygen atoms in total. The van der Waals surface area contributed by atoms with Gasteiger partial charge in [0.15, 0.2) is 5.78 Å². The van der Waals surface area contributed by atoms with E-state index in [0.717, 1.165) is 9.80 Å². The number of rotatable bonds is 5. The Kier molecular flexibility index (Phi) is 4.97. The molecule has 1 unspecified atom stereocenters. The quantitative estimate of drug-likeness (QED) is 0.472. The topological polar surface area (TPSA) is 74.8 Å². The van der Waals surface area contributed by atoms with Crippen LogP contribution in [0.3, 0.4) is 0 Å². The minimum absolute atomic E-state index is 0.175. The molecule has 126 valence electrons. The predicted molar refractivity (Wildman–Crippen MR) is 88.2 cm³/mol. The number of benzene rings is 1. The molecule has 1 aliphatic rings. The van der Waals surface area contributed by atoms with E-state index >= 15 is 0 Å². The minimum atomic E-state index is -1.38. The van der Waals surface area contributed by atoms with Crippen LogP contribution in [0.25, 0.3) is 0 Å². The highest BCUT2D eigenvalue weighted by Crippen LogP contribution is 2.32. The van der Waals surface area contributed by atoms with Crippen LogP contribution in [0, 0.1) is 5.41 Å². The Hall–Kier alpha value is -2.76. The van der Waals surface area contributed by atoms with Gasteiger partial charge in [-0.3, -0.25) is 24.2 Å². The van der Waals surface area contributed by atoms with E-state index < -0.39 is 23.3 Å². The minimum Gasteiger partial charge on any atom is -0.292 e. The number of nitrogens with zero attached hydrogens (tertiary/aromatic N) is 2. The number of urea groups is 1. The van der Waals surface area contributed by atoms with Crippen molar-refractivity contribution in [1.82, 2.24) is 9.80 Å². The Morgan fingerprint density at radius 3 is 2.33 bits per heavy atom. The summed E-state index contributed by atoms with van der Waals surface area (Å²) in [6, 6.07) is 7.66. The van der Waals surface area contributed by atoms with Gasteiger partial charge in [0.25, 0.3) is 0 Å². The van der Waals surface area contributed by atoms with E-state index in [1.807, 2.05) is 0 Å². The van der Waals surface area contributed by atoms with Crippen molar-refractivity contribution < 1.29 is 19.2 Å². The van der Waals surface area contributed by atoms with Gasteiger partial charge in [-0.25, -0.2) is 4.79 Å². The van der Waals surface area contributed by atoms with E-state index in [2.05, 4.69) is 0 Å². The molecular formula is C18H20N2O4. The van der Waals surface area contributed by atoms with Crippen molar-refractivity contribution in [1.29, 1.82) is 0 Å². The number of carbonyl (C=O) groups is 4. The maximum absolute atomic E-state index is 12.8. The molecule has 1 saturated heterocycles. The van der Waals surface area contributed by atoms with Crippen LogP contribution in [0.2, 0.25) is 0 Å². The summed E-state index contributed by atoms with van der Waals surface area (Å²) in [7, 11) is 1.32. The molecule has 4 amide bonds. The molecule has 1 aliphatic heterocycles. The Balaban J connectivity index is 2.31. The first-order valence-electron chi connectivity index (χ1n) is 7.66. The lowest BCUT2D eigenvalue weighted by Crippen LogP contribution is -2.63. The van der Waals surface area contributed by atoms with Crippen molar-refractivity contribution in [3.8, 4) is 0 Å². The number of hydrogen-bond donors (Lipinski definition) is 0. The summed E-state index contributed by atoms with van der Waals surface area (Å²) < 4.78 is 0. The number of carbonyl (C=O) groups excluding carboxylic acids is 4. The highest BCUT2D eigenvalue weighted by molar-refractivity contribution is 6.20. The van der Waals surface area contributed by atoms with Crippen LogP contribution in [-0.4, -0.2) is 47.0 Å². The fourth-order valence-electron chi connectivity index (χ4n) is 2.64. The third-order valence-electron chi connectivity index (χ3n) is 4.17. The number of amides is 4. The Morgan fingerprint density at radius 1 is 1.12 bits per heavy atom. The molecule has 1 fully saturated rings. The zero-order valence-electron chi connectivity index (χ0n) is 14.0. The second kappa shape index (κ2) is 6.78. The first kappa shape index (κ1) is 17.6. The van der Waals surface area contributed by atoms with Gasteiger partial charge in [-0.15, -0.1) is 0 Å². The first-order valence-corrected chi connectivity index (χ1v) is 7.66. The second-order valence-electron chi connectivity index (χ2n) is 5.93. The monoisotopic (exact) mass is 328 g/mol. The van der Waals surface area contributed by atoms with Crippen molar-refractivity contribution in [2.45, 2.75) is 20.3 Å². The lowest BCUT2D eigenvalue weighted by Gasteiger charge is -2.40. The van der Waals surface area contributed by atoms with Crippen molar-refractivity contribution in [2.24, 2.45) is 5.41 Å². The van der Waals surface area contributed by atoms with E-state index in [9.17, 15) is 19.2 Å². The highest BCUT2D eigenvalue weighted by atomic mass is 16.2. The largest absolute Gasteiger partial charge is 0.333 e. The summed E-state index contributed by atoms with van der Waals surface area (Å²) in [6.07, 6.45) is 3.62. The third-order valence-corrected chi connectivity index (χ3v) is 4.17. The molecule has 0 spiro atoms. The lowest BCUT2D eigenvalue weighted by atomic mass is 9.81. The van der Waals surface area contributed by atoms with Crippen LogP contribution in [0.4, 0.5) is 4.79 Å². The van der Waals surface area contributed by atoms with Gasteiger partial charge in [-0.05, 0) is 20.3 Å². The van der Waals surface area contributed by atoms with Crippen molar-refractivity contribution in [2.75, 3.05) is 13.6 Å². The average molecular weight is 328 g/mol. The van der Waals surface area contributed by atoms with Crippen LogP contribution < -0.4 is 0 Å². The van der Waals surface area contributed by atoms with E-state index in [1.165, 1.54) is 14.0 Å². The molecule has 24 heavy (non-hydrogen) atoms. The van der Waals surface area contributed by atoms with Gasteiger partial charge in [0.2, 0.25) is 11.8 Å². The summed E-state index contributed by atoms with van der Waals surface area (Å²) in [6.45, 7) is 2.90. The van der Waals surface area contributed by atoms with Gasteiger partial charge in [0, 0.05) is 12.6 Å². The van der Waals surface area contributed by atoms with Gasteiger partial charge >= 0.3 is 6.03 Å². The normalized spacial score (nSPS) is 21.7. The highest BCUT2D eigenvalue weighted by Gasteiger charge is 2.52. The summed E-state index contributed by atoms with van der Waals surface area (Å²) >= 11 is 0. The number of allylic oxidation sites excluding steroid dienone is 2. The van der Waals surface area contributed by atoms with Crippen molar-refractivity contribution in [3.63, 3.8) is 0 Å². The van der Waals surface area contributed by atoms with Gasteiger partial charge in [0.1, 0.15) is 5.41 Å². The molecular weight excluding hydrogens is 308 g/mol. The average Bonchev–Trinajstić information content (AvgIpc) is 2.61. The van der Waals surface area contributed by atoms with Gasteiger partial charge in [0.05, 0.1) is 6.54 Å². The molecule has 6 heteroatoms. The van der Waals surface area contributed by atoms with E-state index in [4.69, 9.17) is 0 Å². The second-order valence-corrected chi connectivity index (χ2v) is 5.93. The van der Waals surface area contributed by atoms with Gasteiger partial charge in [-0.2, -0.15) is 0 Å². The maximum Gasteiger partial charge on any atom is 0.333 e. The van der Waals surface area contributed by atoms with Crippen LogP contribution in [0.15, 0.2) is 42.5 Å².